The largest absolute Gasteiger partial charge is 0.465 e. The van der Waals surface area contributed by atoms with E-state index >= 15 is 0 Å². The molecular formula is C24H25N3O4. The molecule has 0 saturated heterocycles. The first-order valence-electron chi connectivity index (χ1n) is 10.6. The number of aryl methyl sites for hydroxylation is 1. The molecule has 0 saturated carbocycles. The highest BCUT2D eigenvalue weighted by atomic mass is 16.5. The summed E-state index contributed by atoms with van der Waals surface area (Å²) in [5.74, 6) is -0.649. The number of hydrogen-bond acceptors (Lipinski definition) is 5. The smallest absolute Gasteiger partial charge is 0.337 e. The summed E-state index contributed by atoms with van der Waals surface area (Å²) in [5.41, 5.74) is 2.23. The van der Waals surface area contributed by atoms with Gasteiger partial charge in [-0.3, -0.25) is 9.59 Å². The molecule has 31 heavy (non-hydrogen) atoms. The Labute approximate surface area is 180 Å². The number of carbonyl (C=O) groups excluding carboxylic acids is 2. The molecule has 0 spiro atoms. The van der Waals surface area contributed by atoms with E-state index in [1.807, 2.05) is 6.07 Å². The summed E-state index contributed by atoms with van der Waals surface area (Å²) in [5, 5.41) is 5.54. The highest BCUT2D eigenvalue weighted by Crippen LogP contribution is 2.31. The molecular weight excluding hydrogens is 394 g/mol. The van der Waals surface area contributed by atoms with Crippen LogP contribution in [0.15, 0.2) is 47.3 Å². The first-order valence-corrected chi connectivity index (χ1v) is 10.6. The van der Waals surface area contributed by atoms with Crippen molar-refractivity contribution in [2.45, 2.75) is 39.2 Å². The van der Waals surface area contributed by atoms with Crippen molar-refractivity contribution in [3.63, 3.8) is 0 Å². The molecule has 0 atom stereocenters. The maximum atomic E-state index is 13.5. The lowest BCUT2D eigenvalue weighted by atomic mass is 10.1. The second-order valence-electron chi connectivity index (χ2n) is 7.67. The van der Waals surface area contributed by atoms with E-state index in [2.05, 4.69) is 12.0 Å². The van der Waals surface area contributed by atoms with E-state index < -0.39 is 5.97 Å². The minimum atomic E-state index is -0.403. The summed E-state index contributed by atoms with van der Waals surface area (Å²) in [7, 11) is 1.34. The van der Waals surface area contributed by atoms with Gasteiger partial charge in [-0.25, -0.2) is 9.48 Å². The summed E-state index contributed by atoms with van der Waals surface area (Å²) in [6, 6.07) is 12.3. The van der Waals surface area contributed by atoms with Gasteiger partial charge in [0.05, 0.1) is 18.1 Å². The number of unbranched alkanes of at least 4 members (excludes halogenated alkanes) is 2. The number of carbonyl (C=O) groups is 2. The van der Waals surface area contributed by atoms with Crippen molar-refractivity contribution in [3.8, 4) is 0 Å². The van der Waals surface area contributed by atoms with Crippen LogP contribution in [0, 0.1) is 0 Å². The Morgan fingerprint density at radius 2 is 1.87 bits per heavy atom. The molecule has 0 unspecified atom stereocenters. The van der Waals surface area contributed by atoms with Gasteiger partial charge in [0, 0.05) is 24.2 Å². The summed E-state index contributed by atoms with van der Waals surface area (Å²) in [6.07, 6.45) is 3.50. The monoisotopic (exact) mass is 419 g/mol. The zero-order valence-corrected chi connectivity index (χ0v) is 17.8. The minimum absolute atomic E-state index is 0.173. The number of hydrogen-bond donors (Lipinski definition) is 0. The van der Waals surface area contributed by atoms with E-state index in [1.54, 1.807) is 41.3 Å². The van der Waals surface area contributed by atoms with E-state index in [0.29, 0.717) is 35.8 Å². The van der Waals surface area contributed by atoms with E-state index in [0.717, 1.165) is 30.5 Å². The van der Waals surface area contributed by atoms with Gasteiger partial charge in [-0.05, 0) is 42.7 Å². The second-order valence-corrected chi connectivity index (χ2v) is 7.67. The Kier molecular flexibility index (Phi) is 5.84. The van der Waals surface area contributed by atoms with Crippen molar-refractivity contribution in [3.05, 3.63) is 69.6 Å². The van der Waals surface area contributed by atoms with Crippen LogP contribution in [0.5, 0.6) is 0 Å². The predicted octanol–water partition coefficient (Wildman–Crippen LogP) is 3.58. The van der Waals surface area contributed by atoms with Gasteiger partial charge in [0.15, 0.2) is 5.69 Å². The van der Waals surface area contributed by atoms with Crippen LogP contribution in [0.25, 0.3) is 10.8 Å². The number of amides is 1. The first-order chi connectivity index (χ1) is 15.0. The molecule has 7 heteroatoms. The van der Waals surface area contributed by atoms with Crippen LogP contribution < -0.4 is 10.5 Å². The molecule has 1 aliphatic heterocycles. The lowest BCUT2D eigenvalue weighted by Crippen LogP contribution is -2.33. The number of esters is 1. The van der Waals surface area contributed by atoms with Crippen LogP contribution >= 0.6 is 0 Å². The molecule has 2 aromatic carbocycles. The fraction of sp³-hybridized carbons (Fsp3) is 0.333. The van der Waals surface area contributed by atoms with E-state index in [1.165, 1.54) is 11.8 Å². The number of benzene rings is 2. The minimum Gasteiger partial charge on any atom is -0.465 e. The fourth-order valence-corrected chi connectivity index (χ4v) is 4.04. The van der Waals surface area contributed by atoms with E-state index in [9.17, 15) is 14.4 Å². The Balaban J connectivity index is 1.74. The van der Waals surface area contributed by atoms with Gasteiger partial charge in [0.25, 0.3) is 11.5 Å². The van der Waals surface area contributed by atoms with Gasteiger partial charge in [0.1, 0.15) is 0 Å². The van der Waals surface area contributed by atoms with Gasteiger partial charge in [-0.15, -0.1) is 0 Å². The Hall–Kier alpha value is -3.48. The molecule has 4 rings (SSSR count). The van der Waals surface area contributed by atoms with E-state index in [-0.39, 0.29) is 17.2 Å². The summed E-state index contributed by atoms with van der Waals surface area (Å²) >= 11 is 0. The van der Waals surface area contributed by atoms with Gasteiger partial charge in [-0.2, -0.15) is 5.10 Å². The van der Waals surface area contributed by atoms with Crippen LogP contribution in [-0.2, 0) is 17.7 Å². The molecule has 0 radical (unpaired) electrons. The van der Waals surface area contributed by atoms with Crippen molar-refractivity contribution in [1.82, 2.24) is 9.78 Å². The lowest BCUT2D eigenvalue weighted by Gasteiger charge is -2.19. The molecule has 2 heterocycles. The Bertz CT molecular complexity index is 1220. The first kappa shape index (κ1) is 20.8. The zero-order chi connectivity index (χ0) is 22.0. The third kappa shape index (κ3) is 3.83. The van der Waals surface area contributed by atoms with Gasteiger partial charge in [-0.1, -0.05) is 38.0 Å². The zero-order valence-electron chi connectivity index (χ0n) is 17.8. The number of aromatic nitrogens is 2. The van der Waals surface area contributed by atoms with Gasteiger partial charge in [0.2, 0.25) is 0 Å². The predicted molar refractivity (Wildman–Crippen MR) is 119 cm³/mol. The standard InChI is InChI=1S/C24H25N3O4/c1-3-4-7-13-27-22(28)19-9-6-5-8-18(19)21(25-27)23(29)26-14-12-16-15-17(24(30)31-2)10-11-20(16)26/h5-6,8-11,15H,3-4,7,12-14H2,1-2H3. The third-order valence-electron chi connectivity index (χ3n) is 5.69. The van der Waals surface area contributed by atoms with E-state index in [4.69, 9.17) is 4.74 Å². The number of anilines is 1. The van der Waals surface area contributed by atoms with Crippen molar-refractivity contribution in [2.75, 3.05) is 18.6 Å². The molecule has 7 nitrogen and oxygen atoms in total. The molecule has 0 bridgehead atoms. The Morgan fingerprint density at radius 1 is 1.10 bits per heavy atom. The maximum Gasteiger partial charge on any atom is 0.337 e. The summed E-state index contributed by atoms with van der Waals surface area (Å²) in [6.45, 7) is 3.07. The van der Waals surface area contributed by atoms with Crippen molar-refractivity contribution in [2.24, 2.45) is 0 Å². The van der Waals surface area contributed by atoms with Crippen LogP contribution in [0.1, 0.15) is 52.6 Å². The highest BCUT2D eigenvalue weighted by Gasteiger charge is 2.29. The van der Waals surface area contributed by atoms with Crippen molar-refractivity contribution < 1.29 is 14.3 Å². The molecule has 160 valence electrons. The normalized spacial score (nSPS) is 12.8. The summed E-state index contributed by atoms with van der Waals surface area (Å²) in [4.78, 5) is 39.9. The average Bonchev–Trinajstić information content (AvgIpc) is 3.23. The molecule has 0 aliphatic carbocycles. The molecule has 0 fully saturated rings. The Morgan fingerprint density at radius 3 is 2.61 bits per heavy atom. The van der Waals surface area contributed by atoms with Crippen LogP contribution in [0.2, 0.25) is 0 Å². The van der Waals surface area contributed by atoms with Crippen LogP contribution in [0.4, 0.5) is 5.69 Å². The molecule has 1 aromatic heterocycles. The number of ether oxygens (including phenoxy) is 1. The topological polar surface area (TPSA) is 81.5 Å². The summed E-state index contributed by atoms with van der Waals surface area (Å²) < 4.78 is 6.21. The van der Waals surface area contributed by atoms with Crippen molar-refractivity contribution in [1.29, 1.82) is 0 Å². The average molecular weight is 419 g/mol. The number of methoxy groups -OCH3 is 1. The lowest BCUT2D eigenvalue weighted by molar-refractivity contribution is 0.0600. The molecule has 1 amide bonds. The van der Waals surface area contributed by atoms with Crippen LogP contribution in [0.3, 0.4) is 0 Å². The second kappa shape index (κ2) is 8.71. The van der Waals surface area contributed by atoms with Gasteiger partial charge < -0.3 is 9.64 Å². The molecule has 1 aliphatic rings. The molecule has 3 aromatic rings. The number of nitrogens with zero attached hydrogens (tertiary/aromatic N) is 3. The van der Waals surface area contributed by atoms with Gasteiger partial charge >= 0.3 is 5.97 Å². The molecule has 0 N–H and O–H groups in total. The highest BCUT2D eigenvalue weighted by molar-refractivity contribution is 6.13. The fourth-order valence-electron chi connectivity index (χ4n) is 4.04. The maximum absolute atomic E-state index is 13.5. The van der Waals surface area contributed by atoms with Crippen LogP contribution in [-0.4, -0.2) is 35.3 Å². The third-order valence-corrected chi connectivity index (χ3v) is 5.69. The SMILES string of the molecule is CCCCCn1nc(C(=O)N2CCc3cc(C(=O)OC)ccc32)c2ccccc2c1=O. The number of rotatable bonds is 6. The number of fused-ring (bicyclic) bond motifs is 2. The van der Waals surface area contributed by atoms with Crippen molar-refractivity contribution >= 4 is 28.3 Å². The quantitative estimate of drug-likeness (QED) is 0.451.